The van der Waals surface area contributed by atoms with Gasteiger partial charge in [-0.3, -0.25) is 14.7 Å². The van der Waals surface area contributed by atoms with Gasteiger partial charge in [0.15, 0.2) is 5.13 Å². The molecule has 0 aliphatic carbocycles. The zero-order chi connectivity index (χ0) is 21.6. The monoisotopic (exact) mass is 449 g/mol. The van der Waals surface area contributed by atoms with Crippen molar-refractivity contribution >= 4 is 44.4 Å². The Morgan fingerprint density at radius 1 is 1.10 bits per heavy atom. The normalized spacial score (nSPS) is 10.9. The summed E-state index contributed by atoms with van der Waals surface area (Å²) in [6.07, 6.45) is 4.40. The van der Waals surface area contributed by atoms with Crippen LogP contribution in [0.4, 0.5) is 5.13 Å². The van der Waals surface area contributed by atoms with Crippen molar-refractivity contribution in [2.24, 2.45) is 0 Å². The first kappa shape index (κ1) is 21.3. The van der Waals surface area contributed by atoms with E-state index in [1.54, 1.807) is 35.7 Å². The van der Waals surface area contributed by atoms with Crippen LogP contribution < -0.4 is 9.64 Å². The van der Waals surface area contributed by atoms with Gasteiger partial charge in [0.05, 0.1) is 29.6 Å². The number of fused-ring (bicyclic) bond motifs is 1. The molecule has 7 heteroatoms. The van der Waals surface area contributed by atoms with Crippen molar-refractivity contribution in [1.82, 2.24) is 9.97 Å². The molecular weight excluding hydrogens is 426 g/mol. The summed E-state index contributed by atoms with van der Waals surface area (Å²) >= 11 is 3.08. The summed E-state index contributed by atoms with van der Waals surface area (Å²) in [5, 5.41) is 0.730. The van der Waals surface area contributed by atoms with Crippen molar-refractivity contribution in [2.75, 3.05) is 17.8 Å². The first-order valence-corrected chi connectivity index (χ1v) is 11.8. The second-order valence-corrected chi connectivity index (χ2v) is 8.97. The number of pyridine rings is 1. The predicted molar refractivity (Wildman–Crippen MR) is 128 cm³/mol. The van der Waals surface area contributed by atoms with Crippen LogP contribution in [0.1, 0.15) is 18.1 Å². The third-order valence-electron chi connectivity index (χ3n) is 4.92. The number of hydrogen-bond donors (Lipinski definition) is 0. The molecule has 0 saturated carbocycles. The molecule has 0 N–H and O–H groups in total. The quantitative estimate of drug-likeness (QED) is 0.328. The van der Waals surface area contributed by atoms with Gasteiger partial charge in [0.2, 0.25) is 5.91 Å². The standard InChI is InChI=1S/C24H23N3O2S2/c1-3-18-5-4-6-21-23(18)26-24(31-21)27(15-17-11-13-25-14-12-17)22(28)16-30-20-9-7-19(29-2)8-10-20/h4-14H,3,15-16H2,1-2H3. The van der Waals surface area contributed by atoms with Gasteiger partial charge >= 0.3 is 0 Å². The second-order valence-electron chi connectivity index (χ2n) is 6.91. The van der Waals surface area contributed by atoms with Gasteiger partial charge in [-0.15, -0.1) is 11.8 Å². The van der Waals surface area contributed by atoms with Gasteiger partial charge in [0.25, 0.3) is 0 Å². The fraction of sp³-hybridized carbons (Fsp3) is 0.208. The van der Waals surface area contributed by atoms with Crippen LogP contribution in [0.5, 0.6) is 5.75 Å². The Labute approximate surface area is 190 Å². The molecule has 0 aliphatic heterocycles. The maximum absolute atomic E-state index is 13.3. The number of hydrogen-bond acceptors (Lipinski definition) is 6. The fourth-order valence-corrected chi connectivity index (χ4v) is 5.03. The number of ether oxygens (including phenoxy) is 1. The van der Waals surface area contributed by atoms with Crippen LogP contribution in [-0.2, 0) is 17.8 Å². The number of carbonyl (C=O) groups excluding carboxylic acids is 1. The minimum absolute atomic E-state index is 0.0229. The van der Waals surface area contributed by atoms with Gasteiger partial charge in [0.1, 0.15) is 5.75 Å². The van der Waals surface area contributed by atoms with Crippen LogP contribution in [0.15, 0.2) is 71.9 Å². The number of thioether (sulfide) groups is 1. The maximum atomic E-state index is 13.3. The molecule has 5 nitrogen and oxygen atoms in total. The first-order chi connectivity index (χ1) is 15.2. The summed E-state index contributed by atoms with van der Waals surface area (Å²) in [5.41, 5.74) is 3.21. The molecule has 2 heterocycles. The lowest BCUT2D eigenvalue weighted by Gasteiger charge is -2.20. The predicted octanol–water partition coefficient (Wildman–Crippen LogP) is 5.59. The van der Waals surface area contributed by atoms with Crippen molar-refractivity contribution in [3.63, 3.8) is 0 Å². The number of anilines is 1. The van der Waals surface area contributed by atoms with Crippen molar-refractivity contribution in [2.45, 2.75) is 24.8 Å². The molecule has 0 saturated heterocycles. The highest BCUT2D eigenvalue weighted by Crippen LogP contribution is 2.32. The highest BCUT2D eigenvalue weighted by molar-refractivity contribution is 8.00. The molecule has 158 valence electrons. The lowest BCUT2D eigenvalue weighted by atomic mass is 10.1. The molecular formula is C24H23N3O2S2. The number of methoxy groups -OCH3 is 1. The zero-order valence-corrected chi connectivity index (χ0v) is 19.1. The minimum Gasteiger partial charge on any atom is -0.497 e. The molecule has 1 amide bonds. The zero-order valence-electron chi connectivity index (χ0n) is 17.4. The first-order valence-electron chi connectivity index (χ1n) is 10.0. The molecule has 0 aliphatic rings. The Morgan fingerprint density at radius 3 is 2.58 bits per heavy atom. The largest absolute Gasteiger partial charge is 0.497 e. The number of aryl methyl sites for hydroxylation is 1. The minimum atomic E-state index is 0.0229. The van der Waals surface area contributed by atoms with Crippen LogP contribution in [0.25, 0.3) is 10.2 Å². The molecule has 4 rings (SSSR count). The van der Waals surface area contributed by atoms with E-state index in [4.69, 9.17) is 9.72 Å². The lowest BCUT2D eigenvalue weighted by molar-refractivity contribution is -0.116. The number of benzene rings is 2. The third kappa shape index (κ3) is 5.06. The van der Waals surface area contributed by atoms with Gasteiger partial charge in [-0.05, 0) is 60.0 Å². The Morgan fingerprint density at radius 2 is 1.87 bits per heavy atom. The van der Waals surface area contributed by atoms with Crippen molar-refractivity contribution in [3.05, 3.63) is 78.1 Å². The lowest BCUT2D eigenvalue weighted by Crippen LogP contribution is -2.31. The van der Waals surface area contributed by atoms with E-state index in [1.165, 1.54) is 17.3 Å². The summed E-state index contributed by atoms with van der Waals surface area (Å²) in [6, 6.07) is 17.8. The molecule has 2 aromatic carbocycles. The average Bonchev–Trinajstić information content (AvgIpc) is 3.26. The van der Waals surface area contributed by atoms with Crippen molar-refractivity contribution in [1.29, 1.82) is 0 Å². The smallest absolute Gasteiger partial charge is 0.239 e. The summed E-state index contributed by atoms with van der Waals surface area (Å²) in [4.78, 5) is 25.1. The molecule has 0 unspecified atom stereocenters. The molecule has 0 bridgehead atoms. The average molecular weight is 450 g/mol. The Hall–Kier alpha value is -2.90. The SMILES string of the molecule is CCc1cccc2sc(N(Cc3ccncc3)C(=O)CSc3ccc(OC)cc3)nc12. The van der Waals surface area contributed by atoms with E-state index in [-0.39, 0.29) is 5.91 Å². The van der Waals surface area contributed by atoms with E-state index >= 15 is 0 Å². The number of para-hydroxylation sites is 1. The Bertz CT molecular complexity index is 1160. The highest BCUT2D eigenvalue weighted by Gasteiger charge is 2.21. The van der Waals surface area contributed by atoms with Crippen LogP contribution in [-0.4, -0.2) is 28.7 Å². The number of amides is 1. The molecule has 2 aromatic heterocycles. The summed E-state index contributed by atoms with van der Waals surface area (Å²) < 4.78 is 6.31. The summed E-state index contributed by atoms with van der Waals surface area (Å²) in [7, 11) is 1.64. The van der Waals surface area contributed by atoms with Crippen LogP contribution in [0.2, 0.25) is 0 Å². The molecule has 4 aromatic rings. The number of aromatic nitrogens is 2. The van der Waals surface area contributed by atoms with E-state index in [0.717, 1.165) is 38.0 Å². The van der Waals surface area contributed by atoms with Gasteiger partial charge in [-0.2, -0.15) is 0 Å². The van der Waals surface area contributed by atoms with Crippen LogP contribution in [0.3, 0.4) is 0 Å². The maximum Gasteiger partial charge on any atom is 0.239 e. The third-order valence-corrected chi connectivity index (χ3v) is 6.96. The Balaban J connectivity index is 1.59. The summed E-state index contributed by atoms with van der Waals surface area (Å²) in [6.45, 7) is 2.59. The van der Waals surface area contributed by atoms with Gasteiger partial charge < -0.3 is 4.74 Å². The van der Waals surface area contributed by atoms with Crippen molar-refractivity contribution < 1.29 is 9.53 Å². The molecule has 0 atom stereocenters. The topological polar surface area (TPSA) is 55.3 Å². The van der Waals surface area contributed by atoms with E-state index in [0.29, 0.717) is 12.3 Å². The molecule has 0 fully saturated rings. The van der Waals surface area contributed by atoms with Gasteiger partial charge in [-0.25, -0.2) is 4.98 Å². The number of carbonyl (C=O) groups is 1. The van der Waals surface area contributed by atoms with E-state index in [2.05, 4.69) is 30.1 Å². The number of thiazole rings is 1. The highest BCUT2D eigenvalue weighted by atomic mass is 32.2. The molecule has 31 heavy (non-hydrogen) atoms. The van der Waals surface area contributed by atoms with E-state index in [1.807, 2.05) is 36.4 Å². The molecule has 0 spiro atoms. The van der Waals surface area contributed by atoms with E-state index in [9.17, 15) is 4.79 Å². The fourth-order valence-electron chi connectivity index (χ4n) is 3.22. The molecule has 0 radical (unpaired) electrons. The van der Waals surface area contributed by atoms with Gasteiger partial charge in [-0.1, -0.05) is 30.4 Å². The van der Waals surface area contributed by atoms with Crippen molar-refractivity contribution in [3.8, 4) is 5.75 Å². The number of rotatable bonds is 8. The summed E-state index contributed by atoms with van der Waals surface area (Å²) in [5.74, 6) is 1.15. The second kappa shape index (κ2) is 9.94. The van der Waals surface area contributed by atoms with E-state index < -0.39 is 0 Å². The van der Waals surface area contributed by atoms with Gasteiger partial charge in [0, 0.05) is 17.3 Å². The Kier molecular flexibility index (Phi) is 6.84. The van der Waals surface area contributed by atoms with Crippen LogP contribution in [0, 0.1) is 0 Å². The number of nitrogens with zero attached hydrogens (tertiary/aromatic N) is 3. The van der Waals surface area contributed by atoms with Crippen LogP contribution >= 0.6 is 23.1 Å².